The fourth-order valence-electron chi connectivity index (χ4n) is 1.57. The van der Waals surface area contributed by atoms with Gasteiger partial charge in [0.05, 0.1) is 0 Å². The van der Waals surface area contributed by atoms with Gasteiger partial charge in [-0.25, -0.2) is 0 Å². The summed E-state index contributed by atoms with van der Waals surface area (Å²) < 4.78 is 4.97. The van der Waals surface area contributed by atoms with Gasteiger partial charge >= 0.3 is 5.97 Å². The molecule has 0 aliphatic carbocycles. The van der Waals surface area contributed by atoms with Crippen LogP contribution >= 0.6 is 0 Å². The molecule has 0 amide bonds. The fourth-order valence-corrected chi connectivity index (χ4v) is 1.57. The Morgan fingerprint density at radius 1 is 1.77 bits per heavy atom. The Kier molecular flexibility index (Phi) is 3.80. The topological polar surface area (TPSA) is 38.3 Å². The minimum absolute atomic E-state index is 0.207. The van der Waals surface area contributed by atoms with Crippen molar-refractivity contribution >= 4 is 5.97 Å². The number of hydrogen-bond donors (Lipinski definition) is 1. The summed E-state index contributed by atoms with van der Waals surface area (Å²) >= 11 is 0. The third-order valence-electron chi connectivity index (χ3n) is 2.38. The largest absolute Gasteiger partial charge is 0.461 e. The van der Waals surface area contributed by atoms with Crippen molar-refractivity contribution in [3.63, 3.8) is 0 Å². The summed E-state index contributed by atoms with van der Waals surface area (Å²) in [6, 6.07) is 0. The van der Waals surface area contributed by atoms with E-state index >= 15 is 0 Å². The molecular formula is C10H17NO2. The summed E-state index contributed by atoms with van der Waals surface area (Å²) in [5.74, 6) is 0.377. The molecule has 0 saturated heterocycles. The third kappa shape index (κ3) is 3.09. The SMILES string of the molecule is CCC1CCNC=C1COC(C)=O. The molecule has 0 spiro atoms. The van der Waals surface area contributed by atoms with Gasteiger partial charge in [0.2, 0.25) is 0 Å². The van der Waals surface area contributed by atoms with E-state index in [1.165, 1.54) is 12.5 Å². The van der Waals surface area contributed by atoms with Gasteiger partial charge in [-0.3, -0.25) is 4.79 Å². The second-order valence-electron chi connectivity index (χ2n) is 3.35. The molecule has 1 unspecified atom stereocenters. The van der Waals surface area contributed by atoms with E-state index in [-0.39, 0.29) is 5.97 Å². The van der Waals surface area contributed by atoms with Gasteiger partial charge < -0.3 is 10.1 Å². The minimum Gasteiger partial charge on any atom is -0.461 e. The molecule has 13 heavy (non-hydrogen) atoms. The minimum atomic E-state index is -0.207. The first kappa shape index (κ1) is 10.1. The average molecular weight is 183 g/mol. The van der Waals surface area contributed by atoms with Crippen LogP contribution in [0.3, 0.4) is 0 Å². The Hall–Kier alpha value is -0.990. The summed E-state index contributed by atoms with van der Waals surface area (Å²) in [5, 5.41) is 3.17. The van der Waals surface area contributed by atoms with E-state index in [4.69, 9.17) is 4.74 Å². The van der Waals surface area contributed by atoms with Crippen molar-refractivity contribution in [3.8, 4) is 0 Å². The van der Waals surface area contributed by atoms with Gasteiger partial charge in [-0.2, -0.15) is 0 Å². The van der Waals surface area contributed by atoms with E-state index in [1.54, 1.807) is 0 Å². The molecule has 1 rings (SSSR count). The summed E-state index contributed by atoms with van der Waals surface area (Å²) in [6.45, 7) is 5.08. The zero-order chi connectivity index (χ0) is 9.68. The second-order valence-corrected chi connectivity index (χ2v) is 3.35. The molecule has 0 fully saturated rings. The van der Waals surface area contributed by atoms with E-state index in [1.807, 2.05) is 6.20 Å². The van der Waals surface area contributed by atoms with Crippen LogP contribution in [0, 0.1) is 5.92 Å². The number of carbonyl (C=O) groups excluding carboxylic acids is 1. The fraction of sp³-hybridized carbons (Fsp3) is 0.700. The van der Waals surface area contributed by atoms with Gasteiger partial charge in [-0.05, 0) is 30.5 Å². The number of ether oxygens (including phenoxy) is 1. The average Bonchev–Trinajstić information content (AvgIpc) is 2.15. The molecule has 0 aromatic heterocycles. The highest BCUT2D eigenvalue weighted by Gasteiger charge is 2.16. The lowest BCUT2D eigenvalue weighted by Gasteiger charge is -2.23. The van der Waals surface area contributed by atoms with E-state index in [0.29, 0.717) is 12.5 Å². The van der Waals surface area contributed by atoms with E-state index in [9.17, 15) is 4.79 Å². The van der Waals surface area contributed by atoms with Crippen LogP contribution in [-0.4, -0.2) is 19.1 Å². The zero-order valence-electron chi connectivity index (χ0n) is 8.30. The Morgan fingerprint density at radius 2 is 2.54 bits per heavy atom. The standard InChI is InChI=1S/C10H17NO2/c1-3-9-4-5-11-6-10(9)7-13-8(2)12/h6,9,11H,3-5,7H2,1-2H3. The van der Waals surface area contributed by atoms with Crippen LogP contribution in [0.15, 0.2) is 11.8 Å². The first-order chi connectivity index (χ1) is 6.24. The maximum absolute atomic E-state index is 10.6. The molecule has 3 heteroatoms. The molecule has 1 aliphatic heterocycles. The molecule has 74 valence electrons. The van der Waals surface area contributed by atoms with Crippen molar-refractivity contribution in [2.24, 2.45) is 5.92 Å². The summed E-state index contributed by atoms with van der Waals surface area (Å²) in [7, 11) is 0. The lowest BCUT2D eigenvalue weighted by molar-refractivity contribution is -0.140. The summed E-state index contributed by atoms with van der Waals surface area (Å²) in [5.41, 5.74) is 1.21. The smallest absolute Gasteiger partial charge is 0.302 e. The third-order valence-corrected chi connectivity index (χ3v) is 2.38. The van der Waals surface area contributed by atoms with Crippen LogP contribution in [0.1, 0.15) is 26.7 Å². The Labute approximate surface area is 79.2 Å². The Morgan fingerprint density at radius 3 is 3.15 bits per heavy atom. The van der Waals surface area contributed by atoms with Crippen molar-refractivity contribution in [3.05, 3.63) is 11.8 Å². The van der Waals surface area contributed by atoms with Gasteiger partial charge in [0, 0.05) is 13.5 Å². The second kappa shape index (κ2) is 4.90. The molecule has 0 bridgehead atoms. The zero-order valence-corrected chi connectivity index (χ0v) is 8.30. The highest BCUT2D eigenvalue weighted by Crippen LogP contribution is 2.21. The van der Waals surface area contributed by atoms with Crippen molar-refractivity contribution in [1.82, 2.24) is 5.32 Å². The van der Waals surface area contributed by atoms with Crippen molar-refractivity contribution in [1.29, 1.82) is 0 Å². The van der Waals surface area contributed by atoms with Crippen LogP contribution in [0.2, 0.25) is 0 Å². The highest BCUT2D eigenvalue weighted by molar-refractivity contribution is 5.66. The van der Waals surface area contributed by atoms with Gasteiger partial charge in [0.25, 0.3) is 0 Å². The maximum Gasteiger partial charge on any atom is 0.302 e. The van der Waals surface area contributed by atoms with Crippen LogP contribution in [0.4, 0.5) is 0 Å². The van der Waals surface area contributed by atoms with E-state index in [2.05, 4.69) is 12.2 Å². The maximum atomic E-state index is 10.6. The van der Waals surface area contributed by atoms with Crippen LogP contribution in [0.5, 0.6) is 0 Å². The monoisotopic (exact) mass is 183 g/mol. The van der Waals surface area contributed by atoms with Crippen LogP contribution in [0.25, 0.3) is 0 Å². The van der Waals surface area contributed by atoms with Gasteiger partial charge in [0.15, 0.2) is 0 Å². The Balaban J connectivity index is 2.44. The van der Waals surface area contributed by atoms with Crippen LogP contribution < -0.4 is 5.32 Å². The molecule has 3 nitrogen and oxygen atoms in total. The molecule has 1 heterocycles. The molecular weight excluding hydrogens is 166 g/mol. The molecule has 0 saturated carbocycles. The number of esters is 1. The lowest BCUT2D eigenvalue weighted by atomic mass is 9.92. The molecule has 1 aliphatic rings. The Bertz CT molecular complexity index is 211. The number of hydrogen-bond acceptors (Lipinski definition) is 3. The molecule has 1 atom stereocenters. The first-order valence-electron chi connectivity index (χ1n) is 4.79. The van der Waals surface area contributed by atoms with E-state index < -0.39 is 0 Å². The van der Waals surface area contributed by atoms with Gasteiger partial charge in [0.1, 0.15) is 6.61 Å². The first-order valence-corrected chi connectivity index (χ1v) is 4.79. The van der Waals surface area contributed by atoms with Gasteiger partial charge in [-0.1, -0.05) is 6.92 Å². The molecule has 1 N–H and O–H groups in total. The van der Waals surface area contributed by atoms with Gasteiger partial charge in [-0.15, -0.1) is 0 Å². The summed E-state index contributed by atoms with van der Waals surface area (Å²) in [4.78, 5) is 10.6. The normalized spacial score (nSPS) is 21.7. The summed E-state index contributed by atoms with van der Waals surface area (Å²) in [6.07, 6.45) is 4.25. The van der Waals surface area contributed by atoms with Crippen molar-refractivity contribution in [2.75, 3.05) is 13.2 Å². The van der Waals surface area contributed by atoms with Crippen molar-refractivity contribution < 1.29 is 9.53 Å². The number of carbonyl (C=O) groups is 1. The lowest BCUT2D eigenvalue weighted by Crippen LogP contribution is -2.24. The number of nitrogens with one attached hydrogen (secondary N) is 1. The quantitative estimate of drug-likeness (QED) is 0.673. The molecule has 0 aromatic carbocycles. The molecule has 0 radical (unpaired) electrons. The van der Waals surface area contributed by atoms with E-state index in [0.717, 1.165) is 19.4 Å². The van der Waals surface area contributed by atoms with Crippen molar-refractivity contribution in [2.45, 2.75) is 26.7 Å². The highest BCUT2D eigenvalue weighted by atomic mass is 16.5. The van der Waals surface area contributed by atoms with Crippen LogP contribution in [-0.2, 0) is 9.53 Å². The number of rotatable bonds is 3. The molecule has 0 aromatic rings. The predicted octanol–water partition coefficient (Wildman–Crippen LogP) is 1.45. The predicted molar refractivity (Wildman–Crippen MR) is 51.1 cm³/mol.